The predicted molar refractivity (Wildman–Crippen MR) is 256 cm³/mol. The molecule has 0 bridgehead atoms. The average Bonchev–Trinajstić information content (AvgIpc) is 4.00. The predicted octanol–water partition coefficient (Wildman–Crippen LogP) is 14.6. The zero-order valence-electron chi connectivity index (χ0n) is 36.2. The molecule has 300 valence electrons. The van der Waals surface area contributed by atoms with E-state index in [0.29, 0.717) is 0 Å². The zero-order chi connectivity index (χ0) is 41.4. The van der Waals surface area contributed by atoms with Gasteiger partial charge in [-0.1, -0.05) is 95.7 Å². The molecule has 0 amide bonds. The van der Waals surface area contributed by atoms with Gasteiger partial charge in [0.15, 0.2) is 0 Å². The summed E-state index contributed by atoms with van der Waals surface area (Å²) in [6.07, 6.45) is 17.0. The Morgan fingerprint density at radius 1 is 0.541 bits per heavy atom. The smallest absolute Gasteiger partial charge is 0.115 e. The van der Waals surface area contributed by atoms with E-state index in [-0.39, 0.29) is 10.8 Å². The van der Waals surface area contributed by atoms with Crippen LogP contribution < -0.4 is 0 Å². The fourth-order valence-electron chi connectivity index (χ4n) is 11.2. The van der Waals surface area contributed by atoms with Crippen molar-refractivity contribution < 1.29 is 0 Å². The standard InChI is InChI=1S/C57H52N4/c1-56(2,3)40-19-13-34(14-20-40)36-17-25-49-45(29-36)47-31-38-11-12-39-32-48-46-30-37(35-15-21-41(22-16-35)57(4,5)6)18-26-50(46)61(51-10-8-28-59-51)55(48)44-24-23-43(52(38)53(39)44)54(47)60(49)42-9-7-27-58-33-42/h7-10,13-15,17-21,25-33,59H,11-12,16,22-24H2,1-6H3. The molecule has 0 saturated carbocycles. The number of aryl methyl sites for hydroxylation is 4. The van der Waals surface area contributed by atoms with Crippen molar-refractivity contribution in [2.45, 2.75) is 85.5 Å². The van der Waals surface area contributed by atoms with Crippen LogP contribution in [-0.4, -0.2) is 19.1 Å². The number of aromatic amines is 1. The van der Waals surface area contributed by atoms with Crippen LogP contribution in [0.1, 0.15) is 87.8 Å². The number of hydrogen-bond acceptors (Lipinski definition) is 1. The van der Waals surface area contributed by atoms with Gasteiger partial charge in [0.2, 0.25) is 0 Å². The van der Waals surface area contributed by atoms with Crippen LogP contribution in [0, 0.1) is 5.41 Å². The zero-order valence-corrected chi connectivity index (χ0v) is 36.2. The molecule has 4 heterocycles. The van der Waals surface area contributed by atoms with E-state index in [1.807, 2.05) is 12.4 Å². The highest BCUT2D eigenvalue weighted by Gasteiger charge is 2.33. The quantitative estimate of drug-likeness (QED) is 0.189. The van der Waals surface area contributed by atoms with Crippen molar-refractivity contribution >= 4 is 49.2 Å². The van der Waals surface area contributed by atoms with Crippen molar-refractivity contribution in [2.24, 2.45) is 5.41 Å². The Bertz CT molecular complexity index is 3330. The Labute approximate surface area is 358 Å². The first kappa shape index (κ1) is 36.5. The minimum absolute atomic E-state index is 0.119. The van der Waals surface area contributed by atoms with Crippen molar-refractivity contribution in [3.8, 4) is 33.8 Å². The summed E-state index contributed by atoms with van der Waals surface area (Å²) >= 11 is 0. The first-order valence-electron chi connectivity index (χ1n) is 22.3. The fourth-order valence-corrected chi connectivity index (χ4v) is 11.2. The molecular weight excluding hydrogens is 741 g/mol. The molecule has 0 aliphatic heterocycles. The highest BCUT2D eigenvalue weighted by atomic mass is 15.1. The molecule has 0 fully saturated rings. The van der Waals surface area contributed by atoms with E-state index in [9.17, 15) is 0 Å². The minimum Gasteiger partial charge on any atom is -0.348 e. The summed E-state index contributed by atoms with van der Waals surface area (Å²) in [5.74, 6) is 1.12. The van der Waals surface area contributed by atoms with Crippen LogP contribution >= 0.6 is 0 Å². The average molecular weight is 793 g/mol. The third-order valence-electron chi connectivity index (χ3n) is 14.3. The maximum absolute atomic E-state index is 4.64. The van der Waals surface area contributed by atoms with Gasteiger partial charge in [-0.2, -0.15) is 0 Å². The summed E-state index contributed by atoms with van der Waals surface area (Å²) in [5, 5.41) is 5.38. The third-order valence-corrected chi connectivity index (χ3v) is 14.3. The summed E-state index contributed by atoms with van der Waals surface area (Å²) in [6, 6.07) is 37.3. The van der Waals surface area contributed by atoms with Gasteiger partial charge in [-0.05, 0) is 171 Å². The maximum Gasteiger partial charge on any atom is 0.115 e. The van der Waals surface area contributed by atoms with E-state index in [1.54, 1.807) is 0 Å². The van der Waals surface area contributed by atoms with Crippen LogP contribution in [0.3, 0.4) is 0 Å². The molecule has 0 saturated heterocycles. The third kappa shape index (κ3) is 5.54. The number of allylic oxidation sites excluding steroid dienone is 4. The SMILES string of the molecule is CC(C)(C)C1=CC=C(c2ccc3c(c2)c2cc4c5c(c2n3-c2ccc[nH]2)CCc2c-5c(cc3c5cc(-c6ccc(C(C)(C)C)cc6)ccc5n(-c5cccnc5)c23)CC4)CC1. The van der Waals surface area contributed by atoms with E-state index in [2.05, 4.69) is 176 Å². The van der Waals surface area contributed by atoms with Crippen molar-refractivity contribution in [3.63, 3.8) is 0 Å². The molecule has 1 N–H and O–H groups in total. The van der Waals surface area contributed by atoms with Gasteiger partial charge in [0.25, 0.3) is 0 Å². The van der Waals surface area contributed by atoms with Gasteiger partial charge in [0.05, 0.1) is 34.0 Å². The van der Waals surface area contributed by atoms with Gasteiger partial charge in [-0.25, -0.2) is 0 Å². The van der Waals surface area contributed by atoms with Gasteiger partial charge in [0.1, 0.15) is 5.82 Å². The summed E-state index contributed by atoms with van der Waals surface area (Å²) < 4.78 is 5.03. The molecule has 4 aromatic heterocycles. The highest BCUT2D eigenvalue weighted by Crippen LogP contribution is 2.51. The number of rotatable bonds is 4. The van der Waals surface area contributed by atoms with Crippen LogP contribution in [-0.2, 0) is 31.1 Å². The molecule has 12 rings (SSSR count). The van der Waals surface area contributed by atoms with Crippen LogP contribution in [0.4, 0.5) is 0 Å². The molecule has 61 heavy (non-hydrogen) atoms. The molecule has 4 heteroatoms. The number of benzene rings is 5. The molecule has 0 radical (unpaired) electrons. The van der Waals surface area contributed by atoms with Crippen molar-refractivity contribution in [1.29, 1.82) is 0 Å². The summed E-state index contributed by atoms with van der Waals surface area (Å²) in [7, 11) is 0. The second-order valence-electron chi connectivity index (χ2n) is 19.9. The number of pyridine rings is 1. The van der Waals surface area contributed by atoms with Crippen molar-refractivity contribution in [3.05, 3.63) is 167 Å². The normalized spacial score (nSPS) is 15.2. The van der Waals surface area contributed by atoms with Gasteiger partial charge >= 0.3 is 0 Å². The van der Waals surface area contributed by atoms with Crippen LogP contribution in [0.5, 0.6) is 0 Å². The Morgan fingerprint density at radius 3 is 1.77 bits per heavy atom. The Hall–Kier alpha value is -6.39. The number of aromatic nitrogens is 4. The molecule has 0 atom stereocenters. The number of H-pyrrole nitrogens is 1. The monoisotopic (exact) mass is 792 g/mol. The van der Waals surface area contributed by atoms with Gasteiger partial charge < -0.3 is 9.55 Å². The van der Waals surface area contributed by atoms with E-state index < -0.39 is 0 Å². The molecular formula is C57H52N4. The number of nitrogens with one attached hydrogen (secondary N) is 1. The molecule has 0 spiro atoms. The molecule has 0 unspecified atom stereocenters. The second-order valence-corrected chi connectivity index (χ2v) is 19.9. The lowest BCUT2D eigenvalue weighted by Gasteiger charge is -2.31. The number of hydrogen-bond donors (Lipinski definition) is 1. The lowest BCUT2D eigenvalue weighted by molar-refractivity contribution is 0.482. The topological polar surface area (TPSA) is 38.5 Å². The maximum atomic E-state index is 4.64. The number of nitrogens with zero attached hydrogens (tertiary/aromatic N) is 3. The molecule has 3 aliphatic carbocycles. The van der Waals surface area contributed by atoms with E-state index in [4.69, 9.17) is 0 Å². The number of fused-ring (bicyclic) bond motifs is 8. The lowest BCUT2D eigenvalue weighted by Crippen LogP contribution is -2.16. The van der Waals surface area contributed by atoms with E-state index in [1.165, 1.54) is 110 Å². The van der Waals surface area contributed by atoms with Crippen LogP contribution in [0.25, 0.3) is 82.9 Å². The first-order chi connectivity index (χ1) is 29.5. The largest absolute Gasteiger partial charge is 0.348 e. The molecule has 4 nitrogen and oxygen atoms in total. The lowest BCUT2D eigenvalue weighted by atomic mass is 9.74. The van der Waals surface area contributed by atoms with Crippen molar-refractivity contribution in [2.75, 3.05) is 0 Å². The summed E-state index contributed by atoms with van der Waals surface area (Å²) in [6.45, 7) is 13.8. The fraction of sp³-hybridized carbons (Fsp3) is 0.246. The Balaban J connectivity index is 1.09. The summed E-state index contributed by atoms with van der Waals surface area (Å²) in [5.41, 5.74) is 23.7. The van der Waals surface area contributed by atoms with E-state index in [0.717, 1.165) is 50.0 Å². The van der Waals surface area contributed by atoms with Gasteiger partial charge in [-0.15, -0.1) is 0 Å². The van der Waals surface area contributed by atoms with Gasteiger partial charge in [-0.3, -0.25) is 9.55 Å². The Morgan fingerprint density at radius 2 is 1.18 bits per heavy atom. The first-order valence-corrected chi connectivity index (χ1v) is 22.3. The van der Waals surface area contributed by atoms with Crippen molar-refractivity contribution in [1.82, 2.24) is 19.1 Å². The van der Waals surface area contributed by atoms with E-state index >= 15 is 0 Å². The van der Waals surface area contributed by atoms with Gasteiger partial charge in [0, 0.05) is 33.9 Å². The second kappa shape index (κ2) is 13.1. The molecule has 9 aromatic rings. The highest BCUT2D eigenvalue weighted by molar-refractivity contribution is 6.16. The van der Waals surface area contributed by atoms with Crippen LogP contribution in [0.15, 0.2) is 133 Å². The van der Waals surface area contributed by atoms with Crippen LogP contribution in [0.2, 0.25) is 0 Å². The Kier molecular flexibility index (Phi) is 7.80. The molecule has 3 aliphatic rings. The summed E-state index contributed by atoms with van der Waals surface area (Å²) in [4.78, 5) is 8.25. The minimum atomic E-state index is 0.119. The molecule has 5 aromatic carbocycles.